The zero-order valence-corrected chi connectivity index (χ0v) is 33.8. The van der Waals surface area contributed by atoms with Crippen LogP contribution in [0.1, 0.15) is 66.2 Å². The number of carbonyl (C=O) groups excluding carboxylic acids is 5. The number of carbonyl (C=O) groups is 5. The van der Waals surface area contributed by atoms with E-state index in [1.165, 1.54) is 14.0 Å². The highest BCUT2D eigenvalue weighted by molar-refractivity contribution is 6.00. The van der Waals surface area contributed by atoms with Crippen LogP contribution in [0.15, 0.2) is 64.1 Å². The highest BCUT2D eigenvalue weighted by Crippen LogP contribution is 2.31. The second kappa shape index (κ2) is 16.7. The Bertz CT molecular complexity index is 2670. The van der Waals surface area contributed by atoms with Crippen molar-refractivity contribution >= 4 is 62.8 Å². The van der Waals surface area contributed by atoms with E-state index in [0.717, 1.165) is 22.2 Å². The molecule has 2 aromatic carbocycles. The number of aryl methyl sites for hydroxylation is 2. The Labute approximate surface area is 345 Å². The molecule has 0 saturated carbocycles. The van der Waals surface area contributed by atoms with Gasteiger partial charge < -0.3 is 24.0 Å². The Morgan fingerprint density at radius 1 is 0.950 bits per heavy atom. The number of rotatable bonds is 9. The molecule has 5 amide bonds. The monoisotopic (exact) mass is 814 g/mol. The number of anilines is 1. The van der Waals surface area contributed by atoms with Gasteiger partial charge in [0.25, 0.3) is 5.91 Å². The van der Waals surface area contributed by atoms with Crippen LogP contribution in [0, 0.1) is 11.8 Å². The average molecular weight is 815 g/mol. The minimum Gasteiger partial charge on any atom is -0.450 e. The number of furan rings is 1. The standard InChI is InChI=1S/C43H46N10O7/c1-47(2)42(58)36-25-31-24-30(29-8-6-16-51(27-29)39(56)14-17-52-18-15-44-46-52)23-28(40(31)60-36)7-4-5-9-38(55)50-21-19-49(20-22-50)32-10-11-33-35(26-32)48(3)43(59)53(33)34-12-13-37(54)45-41(34)57/h8,10-11,15,18,23-26,34H,5-6,9,12-14,16-17,19-22,27H2,1-3H3,(H,45,54,57). The number of hydrogen-bond donors (Lipinski definition) is 1. The van der Waals surface area contributed by atoms with E-state index in [4.69, 9.17) is 4.42 Å². The van der Waals surface area contributed by atoms with Gasteiger partial charge in [-0.15, -0.1) is 5.10 Å². The van der Waals surface area contributed by atoms with Gasteiger partial charge in [0, 0.05) is 103 Å². The fourth-order valence-electron chi connectivity index (χ4n) is 8.12. The van der Waals surface area contributed by atoms with Crippen molar-refractivity contribution in [3.8, 4) is 11.8 Å². The number of piperidine rings is 1. The molecule has 60 heavy (non-hydrogen) atoms. The molecule has 0 radical (unpaired) electrons. The normalized spacial score (nSPS) is 17.1. The van der Waals surface area contributed by atoms with Crippen LogP contribution in [0.4, 0.5) is 5.69 Å². The van der Waals surface area contributed by atoms with E-state index < -0.39 is 11.9 Å². The molecule has 17 heteroatoms. The predicted octanol–water partition coefficient (Wildman–Crippen LogP) is 2.54. The number of hydrogen-bond acceptors (Lipinski definition) is 10. The van der Waals surface area contributed by atoms with Gasteiger partial charge in [0.2, 0.25) is 23.6 Å². The zero-order chi connectivity index (χ0) is 42.1. The fraction of sp³-hybridized carbons (Fsp3) is 0.395. The summed E-state index contributed by atoms with van der Waals surface area (Å²) in [5.74, 6) is 5.54. The highest BCUT2D eigenvalue weighted by Gasteiger charge is 2.32. The van der Waals surface area contributed by atoms with Crippen molar-refractivity contribution in [3.63, 3.8) is 0 Å². The van der Waals surface area contributed by atoms with Crippen molar-refractivity contribution in [3.05, 3.63) is 82.2 Å². The lowest BCUT2D eigenvalue weighted by Gasteiger charge is -2.36. The molecule has 1 N–H and O–H groups in total. The summed E-state index contributed by atoms with van der Waals surface area (Å²) in [6.07, 6.45) is 7.45. The van der Waals surface area contributed by atoms with Crippen LogP contribution in [-0.2, 0) is 32.8 Å². The Morgan fingerprint density at radius 3 is 2.50 bits per heavy atom. The van der Waals surface area contributed by atoms with Gasteiger partial charge in [-0.25, -0.2) is 4.79 Å². The fourth-order valence-corrected chi connectivity index (χ4v) is 8.12. The lowest BCUT2D eigenvalue weighted by molar-refractivity contribution is -0.136. The van der Waals surface area contributed by atoms with E-state index >= 15 is 0 Å². The molecule has 8 rings (SSSR count). The minimum atomic E-state index is -0.751. The minimum absolute atomic E-state index is 0.000170. The van der Waals surface area contributed by atoms with Crippen LogP contribution in [0.3, 0.4) is 0 Å². The van der Waals surface area contributed by atoms with Gasteiger partial charge in [0.15, 0.2) is 11.3 Å². The summed E-state index contributed by atoms with van der Waals surface area (Å²) in [5, 5.41) is 10.8. The zero-order valence-electron chi connectivity index (χ0n) is 33.8. The van der Waals surface area contributed by atoms with Crippen molar-refractivity contribution < 1.29 is 28.4 Å². The average Bonchev–Trinajstić information content (AvgIpc) is 4.00. The highest BCUT2D eigenvalue weighted by atomic mass is 16.3. The summed E-state index contributed by atoms with van der Waals surface area (Å²) < 4.78 is 10.7. The molecule has 17 nitrogen and oxygen atoms in total. The first kappa shape index (κ1) is 39.8. The van der Waals surface area contributed by atoms with E-state index in [2.05, 4.69) is 38.4 Å². The molecule has 6 heterocycles. The van der Waals surface area contributed by atoms with Gasteiger partial charge in [0.1, 0.15) is 6.04 Å². The van der Waals surface area contributed by atoms with Gasteiger partial charge in [-0.1, -0.05) is 23.1 Å². The summed E-state index contributed by atoms with van der Waals surface area (Å²) in [4.78, 5) is 84.2. The molecule has 310 valence electrons. The molecule has 2 saturated heterocycles. The van der Waals surface area contributed by atoms with Crippen LogP contribution >= 0.6 is 0 Å². The van der Waals surface area contributed by atoms with Crippen LogP contribution in [0.25, 0.3) is 27.6 Å². The molecule has 2 fully saturated rings. The first-order chi connectivity index (χ1) is 28.9. The third-order valence-electron chi connectivity index (χ3n) is 11.4. The molecular weight excluding hydrogens is 769 g/mol. The number of imidazole rings is 1. The number of amides is 5. The Balaban J connectivity index is 0.918. The van der Waals surface area contributed by atoms with Crippen molar-refractivity contribution in [2.75, 3.05) is 58.3 Å². The maximum atomic E-state index is 13.4. The van der Waals surface area contributed by atoms with Crippen molar-refractivity contribution in [1.82, 2.24) is 44.1 Å². The van der Waals surface area contributed by atoms with Crippen LogP contribution < -0.4 is 15.9 Å². The quantitative estimate of drug-likeness (QED) is 0.172. The van der Waals surface area contributed by atoms with Gasteiger partial charge in [-0.2, -0.15) is 0 Å². The van der Waals surface area contributed by atoms with E-state index in [-0.39, 0.29) is 54.3 Å². The van der Waals surface area contributed by atoms with Crippen LogP contribution in [0.5, 0.6) is 0 Å². The molecule has 0 spiro atoms. The second-order valence-corrected chi connectivity index (χ2v) is 15.5. The summed E-state index contributed by atoms with van der Waals surface area (Å²) in [6.45, 7) is 3.74. The third-order valence-corrected chi connectivity index (χ3v) is 11.4. The molecule has 0 bridgehead atoms. The molecule has 0 aliphatic carbocycles. The number of piperazine rings is 1. The number of nitrogens with one attached hydrogen (secondary N) is 1. The largest absolute Gasteiger partial charge is 0.450 e. The number of nitrogens with zero attached hydrogens (tertiary/aromatic N) is 9. The molecule has 3 aliphatic heterocycles. The predicted molar refractivity (Wildman–Crippen MR) is 222 cm³/mol. The number of benzene rings is 2. The van der Waals surface area contributed by atoms with E-state index in [9.17, 15) is 28.8 Å². The number of fused-ring (bicyclic) bond motifs is 2. The third kappa shape index (κ3) is 8.05. The van der Waals surface area contributed by atoms with Gasteiger partial charge >= 0.3 is 5.69 Å². The van der Waals surface area contributed by atoms with Crippen molar-refractivity contribution in [2.24, 2.45) is 7.05 Å². The summed E-state index contributed by atoms with van der Waals surface area (Å²) >= 11 is 0. The molecule has 5 aromatic rings. The topological polar surface area (TPSA) is 181 Å². The van der Waals surface area contributed by atoms with Crippen LogP contribution in [0.2, 0.25) is 0 Å². The molecule has 3 aliphatic rings. The summed E-state index contributed by atoms with van der Waals surface area (Å²) in [6, 6.07) is 10.5. The first-order valence-electron chi connectivity index (χ1n) is 20.1. The summed E-state index contributed by atoms with van der Waals surface area (Å²) in [5.41, 5.74) is 4.83. The first-order valence-corrected chi connectivity index (χ1v) is 20.1. The van der Waals surface area contributed by atoms with Gasteiger partial charge in [0.05, 0.1) is 29.3 Å². The SMILES string of the molecule is CN(C)C(=O)c1cc2cc(C3=CCCN(C(=O)CCn4ccnn4)C3)cc(C#CCCC(=O)N3CCN(c4ccc5c(c4)n(C)c(=O)n5C4CCC(=O)NC4=O)CC3)c2o1. The van der Waals surface area contributed by atoms with Gasteiger partial charge in [-0.3, -0.25) is 43.1 Å². The van der Waals surface area contributed by atoms with Crippen molar-refractivity contribution in [2.45, 2.75) is 51.1 Å². The van der Waals surface area contributed by atoms with E-state index in [1.54, 1.807) is 44.3 Å². The lowest BCUT2D eigenvalue weighted by atomic mass is 9.97. The Kier molecular flexibility index (Phi) is 11.1. The molecule has 1 unspecified atom stereocenters. The molecule has 3 aromatic heterocycles. The maximum Gasteiger partial charge on any atom is 0.329 e. The lowest BCUT2D eigenvalue weighted by Crippen LogP contribution is -2.48. The number of imide groups is 1. The smallest absolute Gasteiger partial charge is 0.329 e. The maximum absolute atomic E-state index is 13.4. The second-order valence-electron chi connectivity index (χ2n) is 15.5. The van der Waals surface area contributed by atoms with Crippen LogP contribution in [-0.4, -0.2) is 122 Å². The summed E-state index contributed by atoms with van der Waals surface area (Å²) in [7, 11) is 4.99. The number of aromatic nitrogens is 5. The Hall–Kier alpha value is -6.96. The molecule has 1 atom stereocenters. The van der Waals surface area contributed by atoms with Crippen molar-refractivity contribution in [1.29, 1.82) is 0 Å². The Morgan fingerprint density at radius 2 is 1.75 bits per heavy atom. The molecular formula is C43H46N10O7. The van der Waals surface area contributed by atoms with E-state index in [0.29, 0.717) is 87.3 Å². The van der Waals surface area contributed by atoms with E-state index in [1.807, 2.05) is 40.1 Å². The van der Waals surface area contributed by atoms with Gasteiger partial charge in [-0.05, 0) is 60.4 Å².